The van der Waals surface area contributed by atoms with Gasteiger partial charge in [-0.15, -0.1) is 0 Å². The van der Waals surface area contributed by atoms with Crippen molar-refractivity contribution in [2.45, 2.75) is 76.8 Å². The molecule has 4 bridgehead atoms. The first-order chi connectivity index (χ1) is 22.6. The van der Waals surface area contributed by atoms with Gasteiger partial charge in [-0.05, 0) is 81.4 Å². The Kier molecular flexibility index (Phi) is 11.8. The Labute approximate surface area is 287 Å². The van der Waals surface area contributed by atoms with Crippen LogP contribution in [0.2, 0.25) is 10.0 Å². The minimum atomic E-state index is -0.231. The van der Waals surface area contributed by atoms with Gasteiger partial charge in [-0.1, -0.05) is 36.0 Å². The third-order valence-electron chi connectivity index (χ3n) is 10.2. The molecule has 2 saturated carbocycles. The van der Waals surface area contributed by atoms with Crippen LogP contribution in [0.5, 0.6) is 11.5 Å². The van der Waals surface area contributed by atoms with E-state index in [2.05, 4.69) is 20.9 Å². The van der Waals surface area contributed by atoms with Crippen LogP contribution < -0.4 is 31.2 Å². The van der Waals surface area contributed by atoms with Crippen molar-refractivity contribution in [3.63, 3.8) is 0 Å². The number of amides is 3. The van der Waals surface area contributed by atoms with Gasteiger partial charge in [0.2, 0.25) is 5.91 Å². The Hall–Kier alpha value is -3.21. The lowest BCUT2D eigenvalue weighted by Gasteiger charge is -2.42. The first kappa shape index (κ1) is 35.1. The van der Waals surface area contributed by atoms with Crippen LogP contribution in [0, 0.1) is 17.8 Å². The SMILES string of the molecule is COc1cc(N)c(Cl)cc1C(=O)NC1CCC2CCCC1C2.COc1cc(NC(C)=O)c(Cl)cc1C(=O)NC1CCN2CCCC1C2. The number of fused-ring (bicyclic) bond motifs is 4. The zero-order valence-corrected chi connectivity index (χ0v) is 29.0. The highest BCUT2D eigenvalue weighted by Gasteiger charge is 2.35. The van der Waals surface area contributed by atoms with E-state index in [0.29, 0.717) is 55.9 Å². The molecule has 0 aromatic heterocycles. The number of nitrogens with one attached hydrogen (secondary N) is 3. The van der Waals surface area contributed by atoms with Crippen molar-refractivity contribution < 1.29 is 23.9 Å². The van der Waals surface area contributed by atoms with Crippen LogP contribution in [0.3, 0.4) is 0 Å². The van der Waals surface area contributed by atoms with Crippen LogP contribution >= 0.6 is 23.2 Å². The van der Waals surface area contributed by atoms with Gasteiger partial charge in [-0.25, -0.2) is 0 Å². The van der Waals surface area contributed by atoms with E-state index in [1.165, 1.54) is 66.2 Å². The number of nitrogen functional groups attached to an aromatic ring is 1. The normalized spacial score (nSPS) is 26.1. The number of hydrogen-bond acceptors (Lipinski definition) is 7. The van der Waals surface area contributed by atoms with E-state index in [1.54, 1.807) is 24.3 Å². The van der Waals surface area contributed by atoms with Crippen molar-refractivity contribution in [3.8, 4) is 11.5 Å². The van der Waals surface area contributed by atoms with E-state index < -0.39 is 0 Å². The fraction of sp³-hybridized carbons (Fsp3) is 0.571. The molecule has 5 N–H and O–H groups in total. The third kappa shape index (κ3) is 8.64. The molecule has 4 aliphatic rings. The third-order valence-corrected chi connectivity index (χ3v) is 10.8. The van der Waals surface area contributed by atoms with E-state index in [-0.39, 0.29) is 29.8 Å². The molecule has 6 unspecified atom stereocenters. The van der Waals surface area contributed by atoms with Gasteiger partial charge >= 0.3 is 0 Å². The summed E-state index contributed by atoms with van der Waals surface area (Å²) in [6.45, 7) is 4.66. The number of benzene rings is 2. The van der Waals surface area contributed by atoms with Gasteiger partial charge in [0.25, 0.3) is 11.8 Å². The monoisotopic (exact) mass is 687 g/mol. The lowest BCUT2D eigenvalue weighted by Crippen LogP contribution is -2.53. The van der Waals surface area contributed by atoms with Gasteiger partial charge in [0, 0.05) is 44.2 Å². The summed E-state index contributed by atoms with van der Waals surface area (Å²) in [5.74, 6) is 2.32. The summed E-state index contributed by atoms with van der Waals surface area (Å²) in [6, 6.07) is 6.79. The maximum absolute atomic E-state index is 12.8. The molecular weight excluding hydrogens is 641 g/mol. The molecule has 256 valence electrons. The lowest BCUT2D eigenvalue weighted by molar-refractivity contribution is -0.114. The number of ether oxygens (including phenoxy) is 2. The van der Waals surface area contributed by atoms with Crippen LogP contribution in [0.1, 0.15) is 85.4 Å². The Morgan fingerprint density at radius 1 is 0.787 bits per heavy atom. The minimum absolute atomic E-state index is 0.118. The average molecular weight is 689 g/mol. The zero-order chi connectivity index (χ0) is 33.7. The van der Waals surface area contributed by atoms with Crippen molar-refractivity contribution in [1.29, 1.82) is 0 Å². The Balaban J connectivity index is 0.000000186. The molecule has 10 nitrogen and oxygen atoms in total. The molecule has 2 aromatic rings. The molecule has 6 rings (SSSR count). The fourth-order valence-electron chi connectivity index (χ4n) is 7.76. The maximum atomic E-state index is 12.8. The molecule has 2 aromatic carbocycles. The van der Waals surface area contributed by atoms with Crippen molar-refractivity contribution in [1.82, 2.24) is 15.5 Å². The second-order valence-electron chi connectivity index (χ2n) is 13.3. The van der Waals surface area contributed by atoms with Gasteiger partial charge in [0.05, 0.1) is 46.8 Å². The predicted octanol–water partition coefficient (Wildman–Crippen LogP) is 6.15. The number of carbonyl (C=O) groups is 3. The Morgan fingerprint density at radius 2 is 1.43 bits per heavy atom. The summed E-state index contributed by atoms with van der Waals surface area (Å²) in [5, 5.41) is 9.69. The minimum Gasteiger partial charge on any atom is -0.496 e. The van der Waals surface area contributed by atoms with E-state index in [4.69, 9.17) is 38.4 Å². The molecule has 0 spiro atoms. The quantitative estimate of drug-likeness (QED) is 0.257. The summed E-state index contributed by atoms with van der Waals surface area (Å²) in [4.78, 5) is 39.1. The van der Waals surface area contributed by atoms with Crippen LogP contribution in [0.4, 0.5) is 11.4 Å². The van der Waals surface area contributed by atoms with Crippen LogP contribution in [-0.2, 0) is 4.79 Å². The van der Waals surface area contributed by atoms with Crippen molar-refractivity contribution in [2.24, 2.45) is 17.8 Å². The van der Waals surface area contributed by atoms with E-state index in [9.17, 15) is 14.4 Å². The summed E-state index contributed by atoms with van der Waals surface area (Å²) >= 11 is 12.3. The van der Waals surface area contributed by atoms with Crippen LogP contribution in [0.25, 0.3) is 0 Å². The van der Waals surface area contributed by atoms with Gasteiger partial charge in [0.15, 0.2) is 0 Å². The average Bonchev–Trinajstić information content (AvgIpc) is 3.06. The van der Waals surface area contributed by atoms with E-state index >= 15 is 0 Å². The van der Waals surface area contributed by atoms with Crippen molar-refractivity contribution in [2.75, 3.05) is 44.9 Å². The maximum Gasteiger partial charge on any atom is 0.255 e. The van der Waals surface area contributed by atoms with Gasteiger partial charge in [-0.3, -0.25) is 14.4 Å². The summed E-state index contributed by atoms with van der Waals surface area (Å²) in [5.41, 5.74) is 7.47. The number of anilines is 2. The van der Waals surface area contributed by atoms with E-state index in [0.717, 1.165) is 38.3 Å². The second kappa shape index (κ2) is 15.8. The lowest BCUT2D eigenvalue weighted by atomic mass is 9.70. The number of piperidine rings is 2. The van der Waals surface area contributed by atoms with Crippen molar-refractivity contribution >= 4 is 52.3 Å². The highest BCUT2D eigenvalue weighted by Crippen LogP contribution is 2.40. The number of halogens is 2. The number of nitrogens with zero attached hydrogens (tertiary/aromatic N) is 1. The van der Waals surface area contributed by atoms with Gasteiger partial charge < -0.3 is 36.1 Å². The number of carbonyl (C=O) groups excluding carboxylic acids is 3. The highest BCUT2D eigenvalue weighted by molar-refractivity contribution is 6.34. The molecule has 3 amide bonds. The van der Waals surface area contributed by atoms with Crippen LogP contribution in [-0.4, -0.2) is 68.6 Å². The number of methoxy groups -OCH3 is 2. The number of rotatable bonds is 7. The van der Waals surface area contributed by atoms with Gasteiger partial charge in [0.1, 0.15) is 11.5 Å². The van der Waals surface area contributed by atoms with Gasteiger partial charge in [-0.2, -0.15) is 0 Å². The smallest absolute Gasteiger partial charge is 0.255 e. The topological polar surface area (TPSA) is 135 Å². The molecule has 6 atom stereocenters. The molecule has 0 radical (unpaired) electrons. The molecule has 4 fully saturated rings. The molecule has 2 aliphatic heterocycles. The molecule has 12 heteroatoms. The highest BCUT2D eigenvalue weighted by atomic mass is 35.5. The molecule has 2 aliphatic carbocycles. The second-order valence-corrected chi connectivity index (χ2v) is 14.1. The van der Waals surface area contributed by atoms with E-state index in [1.807, 2.05) is 0 Å². The molecular formula is C35H47Cl2N5O5. The molecule has 47 heavy (non-hydrogen) atoms. The zero-order valence-electron chi connectivity index (χ0n) is 27.5. The summed E-state index contributed by atoms with van der Waals surface area (Å²) in [6.07, 6.45) is 10.7. The van der Waals surface area contributed by atoms with Crippen molar-refractivity contribution in [3.05, 3.63) is 45.4 Å². The number of hydrogen-bond donors (Lipinski definition) is 4. The summed E-state index contributed by atoms with van der Waals surface area (Å²) < 4.78 is 10.6. The first-order valence-corrected chi connectivity index (χ1v) is 17.4. The Bertz CT molecular complexity index is 1470. The number of nitrogens with two attached hydrogens (primary N) is 1. The molecule has 2 heterocycles. The molecule has 2 saturated heterocycles. The largest absolute Gasteiger partial charge is 0.496 e. The standard InChI is InChI=1S/C18H24ClN3O3.C17H23ClN2O2/c1-11(23)20-16-9-17(25-2)13(8-14(16)19)18(24)21-15-5-7-22-6-3-4-12(15)10-22;1-22-16-9-14(19)13(18)8-12(16)17(21)20-15-6-5-10-3-2-4-11(15)7-10/h8-9,12,15H,3-7,10H2,1-2H3,(H,20,23)(H,21,24);8-11,15H,2-7,19H2,1H3,(H,20,21). The Morgan fingerprint density at radius 3 is 2.11 bits per heavy atom. The predicted molar refractivity (Wildman–Crippen MR) is 186 cm³/mol. The van der Waals surface area contributed by atoms with Crippen LogP contribution in [0.15, 0.2) is 24.3 Å². The summed E-state index contributed by atoms with van der Waals surface area (Å²) in [7, 11) is 3.03. The first-order valence-electron chi connectivity index (χ1n) is 16.7. The fourth-order valence-corrected chi connectivity index (χ4v) is 8.14.